The third-order valence-corrected chi connectivity index (χ3v) is 5.04. The van der Waals surface area contributed by atoms with Gasteiger partial charge in [0.1, 0.15) is 6.61 Å². The lowest BCUT2D eigenvalue weighted by molar-refractivity contribution is -0.380. The molecule has 1 aliphatic heterocycles. The van der Waals surface area contributed by atoms with Crippen LogP contribution in [-0.4, -0.2) is 52.9 Å². The van der Waals surface area contributed by atoms with Crippen LogP contribution in [0.5, 0.6) is 0 Å². The molecule has 8 nitrogen and oxygen atoms in total. The molecule has 0 aliphatic carbocycles. The number of carbonyl (C=O) groups is 2. The standard InChI is InChI=1S/C17H17N3O5S/c21-16(14-6-7-15(26-14)20(23)24)18-8-10-19(11-9-18)17(22)25-12-13-4-2-1-3-5-13/h1-7H,8-12H2. The first-order chi connectivity index (χ1) is 12.5. The lowest BCUT2D eigenvalue weighted by Crippen LogP contribution is -2.50. The number of hydrogen-bond acceptors (Lipinski definition) is 6. The summed E-state index contributed by atoms with van der Waals surface area (Å²) in [6, 6.07) is 12.2. The fourth-order valence-corrected chi connectivity index (χ4v) is 3.39. The molecule has 2 heterocycles. The molecule has 1 saturated heterocycles. The fraction of sp³-hybridized carbons (Fsp3) is 0.294. The van der Waals surface area contributed by atoms with Gasteiger partial charge in [-0.1, -0.05) is 41.7 Å². The van der Waals surface area contributed by atoms with E-state index in [1.807, 2.05) is 30.3 Å². The minimum absolute atomic E-state index is 0.0588. The number of hydrogen-bond donors (Lipinski definition) is 0. The largest absolute Gasteiger partial charge is 0.445 e. The summed E-state index contributed by atoms with van der Waals surface area (Å²) in [5, 5.41) is 10.7. The highest BCUT2D eigenvalue weighted by atomic mass is 32.1. The smallest absolute Gasteiger partial charge is 0.410 e. The van der Waals surface area contributed by atoms with Gasteiger partial charge in [0.25, 0.3) is 5.91 Å². The number of benzene rings is 1. The third kappa shape index (κ3) is 4.17. The van der Waals surface area contributed by atoms with Gasteiger partial charge in [0.2, 0.25) is 0 Å². The highest BCUT2D eigenvalue weighted by Gasteiger charge is 2.27. The summed E-state index contributed by atoms with van der Waals surface area (Å²) < 4.78 is 5.29. The maximum absolute atomic E-state index is 12.4. The summed E-state index contributed by atoms with van der Waals surface area (Å²) in [6.07, 6.45) is -0.410. The van der Waals surface area contributed by atoms with E-state index < -0.39 is 11.0 Å². The van der Waals surface area contributed by atoms with Crippen molar-refractivity contribution in [3.63, 3.8) is 0 Å². The molecule has 1 aromatic heterocycles. The molecular weight excluding hydrogens is 358 g/mol. The first-order valence-corrected chi connectivity index (χ1v) is 8.85. The lowest BCUT2D eigenvalue weighted by Gasteiger charge is -2.33. The van der Waals surface area contributed by atoms with E-state index in [0.717, 1.165) is 16.9 Å². The second-order valence-corrected chi connectivity index (χ2v) is 6.78. The summed E-state index contributed by atoms with van der Waals surface area (Å²) in [6.45, 7) is 1.67. The second-order valence-electron chi connectivity index (χ2n) is 5.71. The monoisotopic (exact) mass is 375 g/mol. The van der Waals surface area contributed by atoms with Crippen molar-refractivity contribution in [2.75, 3.05) is 26.2 Å². The first-order valence-electron chi connectivity index (χ1n) is 8.04. The van der Waals surface area contributed by atoms with E-state index >= 15 is 0 Å². The Morgan fingerprint density at radius 1 is 1.04 bits per heavy atom. The Morgan fingerprint density at radius 3 is 2.31 bits per heavy atom. The number of ether oxygens (including phenoxy) is 1. The van der Waals surface area contributed by atoms with Crippen molar-refractivity contribution >= 4 is 28.3 Å². The number of rotatable bonds is 4. The Kier molecular flexibility index (Phi) is 5.47. The molecule has 2 aromatic rings. The van der Waals surface area contributed by atoms with Crippen molar-refractivity contribution in [3.8, 4) is 0 Å². The van der Waals surface area contributed by atoms with E-state index in [1.165, 1.54) is 12.1 Å². The molecule has 136 valence electrons. The Balaban J connectivity index is 1.49. The summed E-state index contributed by atoms with van der Waals surface area (Å²) in [7, 11) is 0. The quantitative estimate of drug-likeness (QED) is 0.605. The van der Waals surface area contributed by atoms with Crippen molar-refractivity contribution in [3.05, 3.63) is 63.0 Å². The van der Waals surface area contributed by atoms with E-state index in [9.17, 15) is 19.7 Å². The summed E-state index contributed by atoms with van der Waals surface area (Å²) in [4.78, 5) is 38.2. The molecule has 3 rings (SSSR count). The molecule has 0 spiro atoms. The maximum atomic E-state index is 12.4. The van der Waals surface area contributed by atoms with Crippen LogP contribution in [0.3, 0.4) is 0 Å². The molecule has 9 heteroatoms. The van der Waals surface area contributed by atoms with Gasteiger partial charge < -0.3 is 14.5 Å². The van der Waals surface area contributed by atoms with Gasteiger partial charge in [0.15, 0.2) is 0 Å². The Morgan fingerprint density at radius 2 is 1.69 bits per heavy atom. The second kappa shape index (κ2) is 7.96. The predicted molar refractivity (Wildman–Crippen MR) is 95.1 cm³/mol. The normalized spacial score (nSPS) is 14.2. The van der Waals surface area contributed by atoms with Gasteiger partial charge in [-0.3, -0.25) is 14.9 Å². The van der Waals surface area contributed by atoms with E-state index in [2.05, 4.69) is 0 Å². The lowest BCUT2D eigenvalue weighted by atomic mass is 10.2. The minimum atomic E-state index is -0.512. The molecule has 0 bridgehead atoms. The summed E-state index contributed by atoms with van der Waals surface area (Å²) in [5.41, 5.74) is 0.911. The van der Waals surface area contributed by atoms with Crippen molar-refractivity contribution in [1.29, 1.82) is 0 Å². The fourth-order valence-electron chi connectivity index (χ4n) is 2.60. The molecule has 0 atom stereocenters. The third-order valence-electron chi connectivity index (χ3n) is 4.01. The van der Waals surface area contributed by atoms with Gasteiger partial charge >= 0.3 is 11.1 Å². The highest BCUT2D eigenvalue weighted by molar-refractivity contribution is 7.17. The van der Waals surface area contributed by atoms with Crippen molar-refractivity contribution in [2.24, 2.45) is 0 Å². The average molecular weight is 375 g/mol. The SMILES string of the molecule is O=C(OCc1ccccc1)N1CCN(C(=O)c2ccc([N+](=O)[O-])s2)CC1. The molecule has 0 unspecified atom stereocenters. The highest BCUT2D eigenvalue weighted by Crippen LogP contribution is 2.25. The molecule has 0 saturated carbocycles. The predicted octanol–water partition coefficient (Wildman–Crippen LogP) is 2.75. The molecule has 1 fully saturated rings. The molecular formula is C17H17N3O5S. The number of thiophene rings is 1. The molecule has 1 aromatic carbocycles. The summed E-state index contributed by atoms with van der Waals surface area (Å²) >= 11 is 0.860. The van der Waals surface area contributed by atoms with Gasteiger partial charge in [-0.25, -0.2) is 4.79 Å². The Hall–Kier alpha value is -2.94. The van der Waals surface area contributed by atoms with Crippen LogP contribution in [0.1, 0.15) is 15.2 Å². The van der Waals surface area contributed by atoms with Gasteiger partial charge in [-0.2, -0.15) is 0 Å². The Bertz CT molecular complexity index is 800. The van der Waals surface area contributed by atoms with Gasteiger partial charge in [0.05, 0.1) is 9.80 Å². The first kappa shape index (κ1) is 17.9. The minimum Gasteiger partial charge on any atom is -0.445 e. The van der Waals surface area contributed by atoms with Gasteiger partial charge in [-0.05, 0) is 11.6 Å². The van der Waals surface area contributed by atoms with Crippen molar-refractivity contribution < 1.29 is 19.2 Å². The number of nitro groups is 1. The van der Waals surface area contributed by atoms with E-state index in [1.54, 1.807) is 9.80 Å². The van der Waals surface area contributed by atoms with E-state index in [0.29, 0.717) is 31.1 Å². The maximum Gasteiger partial charge on any atom is 0.410 e. The van der Waals surface area contributed by atoms with E-state index in [-0.39, 0.29) is 17.5 Å². The number of amides is 2. The zero-order valence-corrected chi connectivity index (χ0v) is 14.7. The zero-order valence-electron chi connectivity index (χ0n) is 13.9. The van der Waals surface area contributed by atoms with Crippen molar-refractivity contribution in [1.82, 2.24) is 9.80 Å². The van der Waals surface area contributed by atoms with Gasteiger partial charge in [-0.15, -0.1) is 0 Å². The molecule has 0 N–H and O–H groups in total. The molecule has 0 radical (unpaired) electrons. The zero-order chi connectivity index (χ0) is 18.5. The van der Waals surface area contributed by atoms with Crippen LogP contribution in [0.4, 0.5) is 9.80 Å². The van der Waals surface area contributed by atoms with Crippen LogP contribution in [0.2, 0.25) is 0 Å². The van der Waals surface area contributed by atoms with Crippen LogP contribution in [0.25, 0.3) is 0 Å². The van der Waals surface area contributed by atoms with Crippen LogP contribution in [-0.2, 0) is 11.3 Å². The van der Waals surface area contributed by atoms with Crippen molar-refractivity contribution in [2.45, 2.75) is 6.61 Å². The number of carbonyl (C=O) groups excluding carboxylic acids is 2. The molecule has 26 heavy (non-hydrogen) atoms. The van der Waals surface area contributed by atoms with Crippen LogP contribution in [0.15, 0.2) is 42.5 Å². The number of piperazine rings is 1. The van der Waals surface area contributed by atoms with E-state index in [4.69, 9.17) is 4.74 Å². The average Bonchev–Trinajstić information content (AvgIpc) is 3.17. The summed E-state index contributed by atoms with van der Waals surface area (Å²) in [5.74, 6) is -0.250. The molecule has 2 amide bonds. The topological polar surface area (TPSA) is 93.0 Å². The molecule has 1 aliphatic rings. The van der Waals surface area contributed by atoms with Crippen LogP contribution < -0.4 is 0 Å². The Labute approximate surface area is 153 Å². The van der Waals surface area contributed by atoms with Crippen LogP contribution in [0, 0.1) is 10.1 Å². The van der Waals surface area contributed by atoms with Gasteiger partial charge in [0, 0.05) is 32.2 Å². The van der Waals surface area contributed by atoms with Crippen LogP contribution >= 0.6 is 11.3 Å². The number of nitrogens with zero attached hydrogens (tertiary/aromatic N) is 3.